The highest BCUT2D eigenvalue weighted by Gasteiger charge is 2.12. The molecule has 0 aromatic heterocycles. The van der Waals surface area contributed by atoms with E-state index < -0.39 is 0 Å². The normalized spacial score (nSPS) is 10.5. The van der Waals surface area contributed by atoms with Crippen molar-refractivity contribution in [2.75, 3.05) is 19.0 Å². The Balaban J connectivity index is 2.14. The van der Waals surface area contributed by atoms with Crippen LogP contribution in [0.1, 0.15) is 24.2 Å². The van der Waals surface area contributed by atoms with E-state index in [0.717, 1.165) is 10.2 Å². The molecule has 122 valence electrons. The van der Waals surface area contributed by atoms with Crippen molar-refractivity contribution in [2.24, 2.45) is 5.92 Å². The molecule has 2 rings (SSSR count). The van der Waals surface area contributed by atoms with E-state index in [-0.39, 0.29) is 5.91 Å². The third-order valence-electron chi connectivity index (χ3n) is 3.08. The van der Waals surface area contributed by atoms with Crippen LogP contribution in [0.2, 0.25) is 0 Å². The molecule has 0 unspecified atom stereocenters. The zero-order valence-corrected chi connectivity index (χ0v) is 15.0. The summed E-state index contributed by atoms with van der Waals surface area (Å²) in [6, 6.07) is 12.6. The number of methoxy groups -OCH3 is 1. The van der Waals surface area contributed by atoms with Crippen LogP contribution in [0.5, 0.6) is 11.5 Å². The summed E-state index contributed by atoms with van der Waals surface area (Å²) in [5.41, 5.74) is 1.24. The summed E-state index contributed by atoms with van der Waals surface area (Å²) < 4.78 is 11.9. The molecule has 1 amide bonds. The van der Waals surface area contributed by atoms with Gasteiger partial charge in [-0.15, -0.1) is 0 Å². The molecule has 0 bridgehead atoms. The van der Waals surface area contributed by atoms with Gasteiger partial charge in [-0.3, -0.25) is 4.79 Å². The largest absolute Gasteiger partial charge is 0.493 e. The van der Waals surface area contributed by atoms with Gasteiger partial charge in [-0.2, -0.15) is 0 Å². The first kappa shape index (κ1) is 17.3. The maximum atomic E-state index is 12.3. The second kappa shape index (κ2) is 8.02. The standard InChI is InChI=1S/C18H20BrNO3/c1-12(2)11-23-16-8-7-13(9-17(16)22-3)18(21)20-15-6-4-5-14(19)10-15/h4-10,12H,11H2,1-3H3,(H,20,21). The zero-order valence-electron chi connectivity index (χ0n) is 13.4. The molecular formula is C18H20BrNO3. The molecule has 0 atom stereocenters. The Kier molecular flexibility index (Phi) is 6.04. The summed E-state index contributed by atoms with van der Waals surface area (Å²) in [6.07, 6.45) is 0. The number of nitrogens with one attached hydrogen (secondary N) is 1. The molecule has 0 heterocycles. The van der Waals surface area contributed by atoms with Crippen LogP contribution in [0, 0.1) is 5.92 Å². The van der Waals surface area contributed by atoms with Crippen molar-refractivity contribution in [3.63, 3.8) is 0 Å². The summed E-state index contributed by atoms with van der Waals surface area (Å²) in [7, 11) is 1.56. The van der Waals surface area contributed by atoms with Gasteiger partial charge in [-0.25, -0.2) is 0 Å². The fraction of sp³-hybridized carbons (Fsp3) is 0.278. The first-order chi connectivity index (χ1) is 11.0. The van der Waals surface area contributed by atoms with Gasteiger partial charge in [0.05, 0.1) is 13.7 Å². The molecular weight excluding hydrogens is 358 g/mol. The van der Waals surface area contributed by atoms with Crippen LogP contribution in [0.4, 0.5) is 5.69 Å². The van der Waals surface area contributed by atoms with E-state index in [2.05, 4.69) is 35.1 Å². The summed E-state index contributed by atoms with van der Waals surface area (Å²) in [6.45, 7) is 4.75. The van der Waals surface area contributed by atoms with Crippen LogP contribution in [0.25, 0.3) is 0 Å². The average molecular weight is 378 g/mol. The van der Waals surface area contributed by atoms with E-state index in [1.54, 1.807) is 25.3 Å². The number of carbonyl (C=O) groups is 1. The second-order valence-corrected chi connectivity index (χ2v) is 6.45. The third kappa shape index (κ3) is 4.99. The van der Waals surface area contributed by atoms with Crippen LogP contribution >= 0.6 is 15.9 Å². The van der Waals surface area contributed by atoms with E-state index in [9.17, 15) is 4.79 Å². The van der Waals surface area contributed by atoms with Crippen molar-refractivity contribution in [3.05, 3.63) is 52.5 Å². The quantitative estimate of drug-likeness (QED) is 0.790. The van der Waals surface area contributed by atoms with E-state index in [1.807, 2.05) is 24.3 Å². The van der Waals surface area contributed by atoms with E-state index in [1.165, 1.54) is 0 Å². The van der Waals surface area contributed by atoms with E-state index in [0.29, 0.717) is 29.6 Å². The van der Waals surface area contributed by atoms with E-state index >= 15 is 0 Å². The van der Waals surface area contributed by atoms with E-state index in [4.69, 9.17) is 9.47 Å². The third-order valence-corrected chi connectivity index (χ3v) is 3.57. The van der Waals surface area contributed by atoms with Crippen LogP contribution < -0.4 is 14.8 Å². The van der Waals surface area contributed by atoms with Crippen molar-refractivity contribution >= 4 is 27.5 Å². The van der Waals surface area contributed by atoms with Crippen molar-refractivity contribution in [1.29, 1.82) is 0 Å². The Labute approximate surface area is 144 Å². The Morgan fingerprint density at radius 2 is 1.96 bits per heavy atom. The highest BCUT2D eigenvalue weighted by molar-refractivity contribution is 9.10. The van der Waals surface area contributed by atoms with Crippen LogP contribution in [0.15, 0.2) is 46.9 Å². The predicted octanol–water partition coefficient (Wildman–Crippen LogP) is 4.74. The Morgan fingerprint density at radius 3 is 2.61 bits per heavy atom. The van der Waals surface area contributed by atoms with Crippen molar-refractivity contribution < 1.29 is 14.3 Å². The minimum Gasteiger partial charge on any atom is -0.493 e. The number of halogens is 1. The minimum atomic E-state index is -0.197. The average Bonchev–Trinajstić information content (AvgIpc) is 2.52. The van der Waals surface area contributed by atoms with Gasteiger partial charge in [0.2, 0.25) is 0 Å². The van der Waals surface area contributed by atoms with Gasteiger partial charge in [0.25, 0.3) is 5.91 Å². The van der Waals surface area contributed by atoms with Crippen molar-refractivity contribution in [1.82, 2.24) is 0 Å². The number of carbonyl (C=O) groups excluding carboxylic acids is 1. The number of benzene rings is 2. The lowest BCUT2D eigenvalue weighted by molar-refractivity contribution is 0.102. The van der Waals surface area contributed by atoms with Gasteiger partial charge in [0, 0.05) is 15.7 Å². The number of anilines is 1. The summed E-state index contributed by atoms with van der Waals surface area (Å²) in [5.74, 6) is 1.41. The summed E-state index contributed by atoms with van der Waals surface area (Å²) in [4.78, 5) is 12.3. The highest BCUT2D eigenvalue weighted by Crippen LogP contribution is 2.29. The number of hydrogen-bond acceptors (Lipinski definition) is 3. The number of rotatable bonds is 6. The highest BCUT2D eigenvalue weighted by atomic mass is 79.9. The molecule has 0 aliphatic heterocycles. The van der Waals surface area contributed by atoms with Gasteiger partial charge >= 0.3 is 0 Å². The monoisotopic (exact) mass is 377 g/mol. The first-order valence-electron chi connectivity index (χ1n) is 7.37. The molecule has 0 aliphatic carbocycles. The molecule has 0 aliphatic rings. The van der Waals surface area contributed by atoms with Gasteiger partial charge < -0.3 is 14.8 Å². The lowest BCUT2D eigenvalue weighted by Crippen LogP contribution is -2.12. The molecule has 0 fully saturated rings. The van der Waals surface area contributed by atoms with Crippen LogP contribution in [-0.4, -0.2) is 19.6 Å². The molecule has 2 aromatic rings. The Hall–Kier alpha value is -2.01. The molecule has 0 saturated heterocycles. The Morgan fingerprint density at radius 1 is 1.17 bits per heavy atom. The molecule has 4 nitrogen and oxygen atoms in total. The number of hydrogen-bond donors (Lipinski definition) is 1. The molecule has 0 spiro atoms. The van der Waals surface area contributed by atoms with Gasteiger partial charge in [0.1, 0.15) is 0 Å². The van der Waals surface area contributed by atoms with Gasteiger partial charge in [-0.1, -0.05) is 35.8 Å². The number of amides is 1. The lowest BCUT2D eigenvalue weighted by atomic mass is 10.1. The van der Waals surface area contributed by atoms with Gasteiger partial charge in [-0.05, 0) is 42.3 Å². The first-order valence-corrected chi connectivity index (χ1v) is 8.16. The summed E-state index contributed by atoms with van der Waals surface area (Å²) in [5, 5.41) is 2.85. The van der Waals surface area contributed by atoms with Crippen LogP contribution in [-0.2, 0) is 0 Å². The molecule has 0 radical (unpaired) electrons. The SMILES string of the molecule is COc1cc(C(=O)Nc2cccc(Br)c2)ccc1OCC(C)C. The minimum absolute atomic E-state index is 0.197. The molecule has 5 heteroatoms. The maximum absolute atomic E-state index is 12.3. The smallest absolute Gasteiger partial charge is 0.255 e. The Bertz CT molecular complexity index is 686. The zero-order chi connectivity index (χ0) is 16.8. The topological polar surface area (TPSA) is 47.6 Å². The fourth-order valence-corrected chi connectivity index (χ4v) is 2.35. The number of ether oxygens (including phenoxy) is 2. The van der Waals surface area contributed by atoms with Gasteiger partial charge in [0.15, 0.2) is 11.5 Å². The lowest BCUT2D eigenvalue weighted by Gasteiger charge is -2.13. The van der Waals surface area contributed by atoms with Crippen LogP contribution in [0.3, 0.4) is 0 Å². The van der Waals surface area contributed by atoms with Crippen molar-refractivity contribution in [2.45, 2.75) is 13.8 Å². The molecule has 1 N–H and O–H groups in total. The molecule has 0 saturated carbocycles. The summed E-state index contributed by atoms with van der Waals surface area (Å²) >= 11 is 3.38. The maximum Gasteiger partial charge on any atom is 0.255 e. The predicted molar refractivity (Wildman–Crippen MR) is 95.4 cm³/mol. The molecule has 2 aromatic carbocycles. The van der Waals surface area contributed by atoms with Crippen molar-refractivity contribution in [3.8, 4) is 11.5 Å². The fourth-order valence-electron chi connectivity index (χ4n) is 1.95. The second-order valence-electron chi connectivity index (χ2n) is 5.53. The molecule has 23 heavy (non-hydrogen) atoms.